The Morgan fingerprint density at radius 3 is 2.60 bits per heavy atom. The van der Waals surface area contributed by atoms with Gasteiger partial charge in [0.15, 0.2) is 0 Å². The van der Waals surface area contributed by atoms with E-state index in [2.05, 4.69) is 5.32 Å². The van der Waals surface area contributed by atoms with Gasteiger partial charge in [0, 0.05) is 17.5 Å². The molecule has 7 heteroatoms. The molecule has 2 aromatic carbocycles. The van der Waals surface area contributed by atoms with E-state index in [1.807, 2.05) is 37.3 Å². The van der Waals surface area contributed by atoms with E-state index in [0.717, 1.165) is 16.5 Å². The highest BCUT2D eigenvalue weighted by atomic mass is 16.6. The van der Waals surface area contributed by atoms with Crippen molar-refractivity contribution in [3.8, 4) is 5.75 Å². The largest absolute Gasteiger partial charge is 0.445 e. The van der Waals surface area contributed by atoms with Gasteiger partial charge in [0.05, 0.1) is 0 Å². The number of carbonyl (C=O) groups is 2. The van der Waals surface area contributed by atoms with Crippen molar-refractivity contribution in [1.82, 2.24) is 5.32 Å². The maximum Gasteiger partial charge on any atom is 0.408 e. The molecule has 0 bridgehead atoms. The number of aryl methyl sites for hydroxylation is 1. The molecular weight excluding hydrogens is 386 g/mol. The first kappa shape index (κ1) is 21.1. The highest BCUT2D eigenvalue weighted by molar-refractivity contribution is 5.85. The van der Waals surface area contributed by atoms with Crippen molar-refractivity contribution < 1.29 is 23.5 Å². The Balaban J connectivity index is 1.65. The van der Waals surface area contributed by atoms with Crippen molar-refractivity contribution in [3.63, 3.8) is 0 Å². The number of alkyl carbamates (subject to hydrolysis) is 1. The van der Waals surface area contributed by atoms with Crippen LogP contribution < -0.4 is 15.7 Å². The minimum atomic E-state index is -0.863. The molecule has 0 fully saturated rings. The summed E-state index contributed by atoms with van der Waals surface area (Å²) in [6, 6.07) is 14.6. The zero-order chi connectivity index (χ0) is 21.5. The molecule has 1 amide bonds. The molecule has 0 saturated heterocycles. The van der Waals surface area contributed by atoms with Crippen molar-refractivity contribution in [1.29, 1.82) is 0 Å². The first-order valence-corrected chi connectivity index (χ1v) is 9.69. The molecule has 3 rings (SSSR count). The Morgan fingerprint density at radius 1 is 1.10 bits per heavy atom. The van der Waals surface area contributed by atoms with Crippen LogP contribution in [0.1, 0.15) is 30.9 Å². The molecule has 1 N–H and O–H groups in total. The summed E-state index contributed by atoms with van der Waals surface area (Å²) in [5, 5.41) is 3.31. The second kappa shape index (κ2) is 9.73. The van der Waals surface area contributed by atoms with Gasteiger partial charge in [-0.3, -0.25) is 0 Å². The lowest BCUT2D eigenvalue weighted by Gasteiger charge is -2.17. The molecular formula is C23H23NO6. The Labute approximate surface area is 173 Å². The molecule has 156 valence electrons. The van der Waals surface area contributed by atoms with Crippen molar-refractivity contribution in [2.75, 3.05) is 0 Å². The zero-order valence-corrected chi connectivity index (χ0v) is 16.8. The van der Waals surface area contributed by atoms with Gasteiger partial charge in [-0.15, -0.1) is 0 Å². The number of fused-ring (bicyclic) bond motifs is 1. The summed E-state index contributed by atoms with van der Waals surface area (Å²) >= 11 is 0. The summed E-state index contributed by atoms with van der Waals surface area (Å²) in [4.78, 5) is 36.3. The maximum atomic E-state index is 12.6. The van der Waals surface area contributed by atoms with Crippen molar-refractivity contribution in [2.24, 2.45) is 0 Å². The number of amides is 1. The van der Waals surface area contributed by atoms with E-state index in [1.54, 1.807) is 19.1 Å². The summed E-state index contributed by atoms with van der Waals surface area (Å²) in [6.07, 6.45) is 0.348. The summed E-state index contributed by atoms with van der Waals surface area (Å²) in [7, 11) is 0. The molecule has 1 heterocycles. The predicted octanol–water partition coefficient (Wildman–Crippen LogP) is 4.10. The standard InChI is InChI=1S/C23H23NO6/c1-3-7-19(24-23(27)28-14-16-8-5-4-6-9-16)22(26)29-17-10-11-18-15(2)12-21(25)30-20(18)13-17/h4-6,8-13,19H,3,7,14H2,1-2H3,(H,24,27)/t19-/m0/s1. The highest BCUT2D eigenvalue weighted by Gasteiger charge is 2.23. The van der Waals surface area contributed by atoms with Crippen molar-refractivity contribution in [2.45, 2.75) is 39.3 Å². The first-order chi connectivity index (χ1) is 14.5. The smallest absolute Gasteiger partial charge is 0.408 e. The number of nitrogens with one attached hydrogen (secondary N) is 1. The van der Waals surface area contributed by atoms with Gasteiger partial charge in [0.25, 0.3) is 0 Å². The van der Waals surface area contributed by atoms with Crippen molar-refractivity contribution >= 4 is 23.0 Å². The Morgan fingerprint density at radius 2 is 1.87 bits per heavy atom. The van der Waals surface area contributed by atoms with Gasteiger partial charge in [-0.05, 0) is 36.6 Å². The summed E-state index contributed by atoms with van der Waals surface area (Å²) < 4.78 is 15.8. The number of hydrogen-bond acceptors (Lipinski definition) is 6. The molecule has 0 aliphatic carbocycles. The predicted molar refractivity (Wildman–Crippen MR) is 111 cm³/mol. The van der Waals surface area contributed by atoms with Gasteiger partial charge in [-0.2, -0.15) is 0 Å². The van der Waals surface area contributed by atoms with E-state index < -0.39 is 23.7 Å². The van der Waals surface area contributed by atoms with Crippen LogP contribution in [0.15, 0.2) is 63.8 Å². The third-order valence-corrected chi connectivity index (χ3v) is 4.51. The van der Waals surface area contributed by atoms with Crippen LogP contribution in [0.2, 0.25) is 0 Å². The minimum Gasteiger partial charge on any atom is -0.445 e. The van der Waals surface area contributed by atoms with Gasteiger partial charge in [0.1, 0.15) is 24.0 Å². The number of esters is 1. The molecule has 30 heavy (non-hydrogen) atoms. The SMILES string of the molecule is CCC[C@H](NC(=O)OCc1ccccc1)C(=O)Oc1ccc2c(C)cc(=O)oc2c1. The lowest BCUT2D eigenvalue weighted by atomic mass is 10.1. The van der Waals surface area contributed by atoms with Gasteiger partial charge < -0.3 is 19.2 Å². The van der Waals surface area contributed by atoms with Crippen LogP contribution >= 0.6 is 0 Å². The third-order valence-electron chi connectivity index (χ3n) is 4.51. The van der Waals surface area contributed by atoms with E-state index in [9.17, 15) is 14.4 Å². The van der Waals surface area contributed by atoms with Gasteiger partial charge in [-0.1, -0.05) is 43.7 Å². The fourth-order valence-electron chi connectivity index (χ4n) is 3.00. The van der Waals surface area contributed by atoms with Crippen LogP contribution in [0.3, 0.4) is 0 Å². The third kappa shape index (κ3) is 5.47. The number of ether oxygens (including phenoxy) is 2. The molecule has 3 aromatic rings. The molecule has 1 atom stereocenters. The molecule has 1 aromatic heterocycles. The van der Waals surface area contributed by atoms with E-state index in [-0.39, 0.29) is 12.4 Å². The maximum absolute atomic E-state index is 12.6. The average molecular weight is 409 g/mol. The van der Waals surface area contributed by atoms with Crippen LogP contribution in [0, 0.1) is 6.92 Å². The number of benzene rings is 2. The van der Waals surface area contributed by atoms with Gasteiger partial charge in [-0.25, -0.2) is 14.4 Å². The molecule has 0 saturated carbocycles. The fraction of sp³-hybridized carbons (Fsp3) is 0.261. The monoisotopic (exact) mass is 409 g/mol. The molecule has 0 spiro atoms. The lowest BCUT2D eigenvalue weighted by molar-refractivity contribution is -0.136. The zero-order valence-electron chi connectivity index (χ0n) is 16.8. The Bertz CT molecular complexity index is 1090. The van der Waals surface area contributed by atoms with Crippen LogP contribution in [-0.4, -0.2) is 18.1 Å². The topological polar surface area (TPSA) is 94.8 Å². The van der Waals surface area contributed by atoms with Gasteiger partial charge in [0.2, 0.25) is 0 Å². The van der Waals surface area contributed by atoms with E-state index in [1.165, 1.54) is 12.1 Å². The van der Waals surface area contributed by atoms with Crippen LogP contribution in [-0.2, 0) is 16.1 Å². The summed E-state index contributed by atoms with van der Waals surface area (Å²) in [5.41, 5.74) is 1.46. The normalized spacial score (nSPS) is 11.7. The Hall–Kier alpha value is -3.61. The van der Waals surface area contributed by atoms with E-state index >= 15 is 0 Å². The number of rotatable bonds is 7. The lowest BCUT2D eigenvalue weighted by Crippen LogP contribution is -2.43. The first-order valence-electron chi connectivity index (χ1n) is 9.69. The minimum absolute atomic E-state index is 0.101. The van der Waals surface area contributed by atoms with Crippen LogP contribution in [0.25, 0.3) is 11.0 Å². The summed E-state index contributed by atoms with van der Waals surface area (Å²) in [5.74, 6) is -0.398. The number of carbonyl (C=O) groups excluding carboxylic acids is 2. The molecule has 0 aliphatic heterocycles. The molecule has 0 radical (unpaired) electrons. The highest BCUT2D eigenvalue weighted by Crippen LogP contribution is 2.22. The van der Waals surface area contributed by atoms with Crippen molar-refractivity contribution in [3.05, 3.63) is 76.1 Å². The van der Waals surface area contributed by atoms with E-state index in [4.69, 9.17) is 13.9 Å². The second-order valence-electron chi connectivity index (χ2n) is 6.87. The van der Waals surface area contributed by atoms with Crippen LogP contribution in [0.5, 0.6) is 5.75 Å². The van der Waals surface area contributed by atoms with Gasteiger partial charge >= 0.3 is 17.7 Å². The molecule has 0 aliphatic rings. The second-order valence-corrected chi connectivity index (χ2v) is 6.87. The summed E-state index contributed by atoms with van der Waals surface area (Å²) in [6.45, 7) is 3.79. The average Bonchev–Trinajstić information content (AvgIpc) is 2.72. The van der Waals surface area contributed by atoms with Crippen LogP contribution in [0.4, 0.5) is 4.79 Å². The Kier molecular flexibility index (Phi) is 6.85. The number of hydrogen-bond donors (Lipinski definition) is 1. The van der Waals surface area contributed by atoms with E-state index in [0.29, 0.717) is 18.4 Å². The fourth-order valence-corrected chi connectivity index (χ4v) is 3.00. The quantitative estimate of drug-likeness (QED) is 0.359. The molecule has 7 nitrogen and oxygen atoms in total. The molecule has 0 unspecified atom stereocenters.